The standard InChI is InChI=1S/C21H16ClN3O2/c1-13-5-3-7-17(20(13)22)19-9-8-16(27-19)11-18-14(2)24-25(21(18)26)15-6-4-10-23-12-15/h3-12H,1-2H3/b18-11-. The first-order valence-corrected chi connectivity index (χ1v) is 8.79. The molecule has 0 atom stereocenters. The minimum Gasteiger partial charge on any atom is -0.457 e. The van der Waals surface area contributed by atoms with Gasteiger partial charge in [-0.3, -0.25) is 9.78 Å². The lowest BCUT2D eigenvalue weighted by atomic mass is 10.1. The highest BCUT2D eigenvalue weighted by atomic mass is 35.5. The molecule has 1 aliphatic heterocycles. The molecular weight excluding hydrogens is 362 g/mol. The zero-order chi connectivity index (χ0) is 19.0. The van der Waals surface area contributed by atoms with Crippen LogP contribution in [0, 0.1) is 6.92 Å². The fourth-order valence-corrected chi connectivity index (χ4v) is 3.11. The van der Waals surface area contributed by atoms with Gasteiger partial charge in [-0.05, 0) is 55.8 Å². The molecule has 0 bridgehead atoms. The summed E-state index contributed by atoms with van der Waals surface area (Å²) in [6, 6.07) is 13.0. The number of amides is 1. The highest BCUT2D eigenvalue weighted by Gasteiger charge is 2.29. The van der Waals surface area contributed by atoms with Crippen molar-refractivity contribution in [1.82, 2.24) is 4.98 Å². The molecule has 0 fully saturated rings. The van der Waals surface area contributed by atoms with Crippen LogP contribution >= 0.6 is 11.6 Å². The number of pyridine rings is 1. The maximum Gasteiger partial charge on any atom is 0.280 e. The molecule has 0 N–H and O–H groups in total. The Morgan fingerprint density at radius 1 is 1.11 bits per heavy atom. The van der Waals surface area contributed by atoms with Crippen molar-refractivity contribution in [3.8, 4) is 11.3 Å². The van der Waals surface area contributed by atoms with E-state index in [1.54, 1.807) is 37.5 Å². The first-order chi connectivity index (χ1) is 13.0. The van der Waals surface area contributed by atoms with Gasteiger partial charge in [-0.15, -0.1) is 0 Å². The average molecular weight is 378 g/mol. The molecule has 0 aliphatic carbocycles. The van der Waals surface area contributed by atoms with Crippen LogP contribution in [0.4, 0.5) is 5.69 Å². The van der Waals surface area contributed by atoms with Crippen molar-refractivity contribution in [3.05, 3.63) is 76.8 Å². The van der Waals surface area contributed by atoms with Crippen LogP contribution in [0.3, 0.4) is 0 Å². The van der Waals surface area contributed by atoms with E-state index in [4.69, 9.17) is 16.0 Å². The molecule has 0 unspecified atom stereocenters. The van der Waals surface area contributed by atoms with E-state index in [2.05, 4.69) is 10.1 Å². The van der Waals surface area contributed by atoms with Crippen molar-refractivity contribution < 1.29 is 9.21 Å². The van der Waals surface area contributed by atoms with Gasteiger partial charge in [-0.1, -0.05) is 23.7 Å². The van der Waals surface area contributed by atoms with Crippen LogP contribution in [0.2, 0.25) is 5.02 Å². The fourth-order valence-electron chi connectivity index (χ4n) is 2.89. The van der Waals surface area contributed by atoms with Crippen LogP contribution in [0.5, 0.6) is 0 Å². The zero-order valence-corrected chi connectivity index (χ0v) is 15.6. The molecule has 1 aromatic carbocycles. The zero-order valence-electron chi connectivity index (χ0n) is 14.8. The van der Waals surface area contributed by atoms with Gasteiger partial charge in [0, 0.05) is 11.8 Å². The largest absolute Gasteiger partial charge is 0.457 e. The molecule has 0 spiro atoms. The lowest BCUT2D eigenvalue weighted by Crippen LogP contribution is -2.21. The van der Waals surface area contributed by atoms with Crippen molar-refractivity contribution in [3.63, 3.8) is 0 Å². The number of nitrogens with zero attached hydrogens (tertiary/aromatic N) is 3. The Labute approximate surface area is 161 Å². The molecule has 3 heterocycles. The second-order valence-corrected chi connectivity index (χ2v) is 6.59. The first kappa shape index (κ1) is 17.2. The Hall–Kier alpha value is -3.18. The van der Waals surface area contributed by atoms with E-state index in [9.17, 15) is 4.79 Å². The van der Waals surface area contributed by atoms with Crippen molar-refractivity contribution in [1.29, 1.82) is 0 Å². The molecule has 6 heteroatoms. The first-order valence-electron chi connectivity index (χ1n) is 8.41. The Morgan fingerprint density at radius 2 is 1.96 bits per heavy atom. The number of carbonyl (C=O) groups is 1. The third-order valence-electron chi connectivity index (χ3n) is 4.32. The lowest BCUT2D eigenvalue weighted by Gasteiger charge is -2.10. The minimum absolute atomic E-state index is 0.216. The van der Waals surface area contributed by atoms with Gasteiger partial charge in [0.1, 0.15) is 11.5 Å². The number of benzene rings is 1. The van der Waals surface area contributed by atoms with Gasteiger partial charge in [0.2, 0.25) is 0 Å². The van der Waals surface area contributed by atoms with Crippen LogP contribution in [0.25, 0.3) is 17.4 Å². The Bertz CT molecular complexity index is 1080. The number of aromatic nitrogens is 1. The second kappa shape index (κ2) is 6.85. The molecule has 27 heavy (non-hydrogen) atoms. The quantitative estimate of drug-likeness (QED) is 0.596. The highest BCUT2D eigenvalue weighted by molar-refractivity contribution is 6.34. The highest BCUT2D eigenvalue weighted by Crippen LogP contribution is 2.32. The number of aryl methyl sites for hydroxylation is 1. The maximum atomic E-state index is 12.7. The summed E-state index contributed by atoms with van der Waals surface area (Å²) in [5, 5.41) is 6.34. The Balaban J connectivity index is 1.65. The number of furan rings is 1. The summed E-state index contributed by atoms with van der Waals surface area (Å²) in [7, 11) is 0. The Morgan fingerprint density at radius 3 is 2.74 bits per heavy atom. The summed E-state index contributed by atoms with van der Waals surface area (Å²) in [4.78, 5) is 16.8. The summed E-state index contributed by atoms with van der Waals surface area (Å²) in [5.41, 5.74) is 3.52. The number of anilines is 1. The fraction of sp³-hybridized carbons (Fsp3) is 0.0952. The third-order valence-corrected chi connectivity index (χ3v) is 4.83. The number of rotatable bonds is 3. The SMILES string of the molecule is CC1=NN(c2cccnc2)C(=O)/C1=C\c1ccc(-c2cccc(C)c2Cl)o1. The summed E-state index contributed by atoms with van der Waals surface area (Å²) in [6.45, 7) is 3.74. The molecule has 5 nitrogen and oxygen atoms in total. The monoisotopic (exact) mass is 377 g/mol. The van der Waals surface area contributed by atoms with Gasteiger partial charge in [0.15, 0.2) is 0 Å². The van der Waals surface area contributed by atoms with Crippen LogP contribution in [0.15, 0.2) is 69.9 Å². The van der Waals surface area contributed by atoms with Gasteiger partial charge in [0.05, 0.1) is 28.2 Å². The van der Waals surface area contributed by atoms with Crippen LogP contribution in [0.1, 0.15) is 18.2 Å². The van der Waals surface area contributed by atoms with E-state index in [-0.39, 0.29) is 5.91 Å². The molecular formula is C21H16ClN3O2. The average Bonchev–Trinajstić information content (AvgIpc) is 3.25. The predicted molar refractivity (Wildman–Crippen MR) is 107 cm³/mol. The Kier molecular flexibility index (Phi) is 4.38. The number of hydrogen-bond acceptors (Lipinski definition) is 4. The van der Waals surface area contributed by atoms with Crippen molar-refractivity contribution in [2.45, 2.75) is 13.8 Å². The summed E-state index contributed by atoms with van der Waals surface area (Å²) >= 11 is 6.38. The number of carbonyl (C=O) groups excluding carboxylic acids is 1. The van der Waals surface area contributed by atoms with E-state index < -0.39 is 0 Å². The smallest absolute Gasteiger partial charge is 0.280 e. The molecule has 1 aliphatic rings. The van der Waals surface area contributed by atoms with E-state index in [0.717, 1.165) is 11.1 Å². The van der Waals surface area contributed by atoms with Crippen LogP contribution in [-0.2, 0) is 4.79 Å². The molecule has 0 saturated carbocycles. The van der Waals surface area contributed by atoms with Gasteiger partial charge < -0.3 is 4.42 Å². The summed E-state index contributed by atoms with van der Waals surface area (Å²) in [5.74, 6) is 1.00. The normalized spacial score (nSPS) is 15.5. The minimum atomic E-state index is -0.216. The molecule has 3 aromatic rings. The van der Waals surface area contributed by atoms with Gasteiger partial charge in [-0.25, -0.2) is 0 Å². The topological polar surface area (TPSA) is 58.7 Å². The van der Waals surface area contributed by atoms with E-state index in [1.165, 1.54) is 5.01 Å². The van der Waals surface area contributed by atoms with Crippen LogP contribution < -0.4 is 5.01 Å². The van der Waals surface area contributed by atoms with Gasteiger partial charge >= 0.3 is 0 Å². The van der Waals surface area contributed by atoms with Gasteiger partial charge in [0.25, 0.3) is 5.91 Å². The molecule has 2 aromatic heterocycles. The lowest BCUT2D eigenvalue weighted by molar-refractivity contribution is -0.114. The molecule has 134 valence electrons. The van der Waals surface area contributed by atoms with Crippen molar-refractivity contribution in [2.24, 2.45) is 5.10 Å². The number of halogens is 1. The molecule has 4 rings (SSSR count). The molecule has 0 saturated heterocycles. The van der Waals surface area contributed by atoms with Crippen molar-refractivity contribution >= 4 is 35.0 Å². The number of hydrazone groups is 1. The van der Waals surface area contributed by atoms with Gasteiger partial charge in [-0.2, -0.15) is 10.1 Å². The molecule has 0 radical (unpaired) electrons. The van der Waals surface area contributed by atoms with Crippen molar-refractivity contribution in [2.75, 3.05) is 5.01 Å². The number of hydrogen-bond donors (Lipinski definition) is 0. The second-order valence-electron chi connectivity index (χ2n) is 6.21. The summed E-state index contributed by atoms with van der Waals surface area (Å²) in [6.07, 6.45) is 4.95. The summed E-state index contributed by atoms with van der Waals surface area (Å²) < 4.78 is 5.91. The molecule has 1 amide bonds. The predicted octanol–water partition coefficient (Wildman–Crippen LogP) is 5.11. The van der Waals surface area contributed by atoms with E-state index in [1.807, 2.05) is 37.3 Å². The maximum absolute atomic E-state index is 12.7. The van der Waals surface area contributed by atoms with E-state index >= 15 is 0 Å². The van der Waals surface area contributed by atoms with E-state index in [0.29, 0.717) is 33.5 Å². The van der Waals surface area contributed by atoms with Crippen LogP contribution in [-0.4, -0.2) is 16.6 Å². The third kappa shape index (κ3) is 3.17.